The van der Waals surface area contributed by atoms with Crippen molar-refractivity contribution in [2.45, 2.75) is 57.0 Å². The van der Waals surface area contributed by atoms with E-state index >= 15 is 0 Å². The minimum atomic E-state index is -0.364. The molecule has 1 saturated carbocycles. The Morgan fingerprint density at radius 3 is 2.52 bits per heavy atom. The van der Waals surface area contributed by atoms with E-state index in [1.807, 2.05) is 30.3 Å². The van der Waals surface area contributed by atoms with Gasteiger partial charge in [-0.05, 0) is 31.4 Å². The Balaban J connectivity index is 1.87. The third kappa shape index (κ3) is 5.79. The molecule has 0 aromatic heterocycles. The Labute approximate surface area is 139 Å². The lowest BCUT2D eigenvalue weighted by Gasteiger charge is -2.25. The number of nitrogens with one attached hydrogen (secondary N) is 2. The van der Waals surface area contributed by atoms with Crippen LogP contribution in [0.4, 0.5) is 0 Å². The quantitative estimate of drug-likeness (QED) is 0.724. The van der Waals surface area contributed by atoms with E-state index in [9.17, 15) is 9.59 Å². The zero-order valence-electron chi connectivity index (χ0n) is 14.0. The molecule has 0 heterocycles. The molecular weight excluding hydrogens is 288 g/mol. The van der Waals surface area contributed by atoms with Gasteiger partial charge in [0.15, 0.2) is 0 Å². The van der Waals surface area contributed by atoms with Gasteiger partial charge in [0, 0.05) is 0 Å². The van der Waals surface area contributed by atoms with Crippen LogP contribution in [0.1, 0.15) is 44.1 Å². The molecule has 2 atom stereocenters. The second-order valence-corrected chi connectivity index (χ2v) is 6.52. The lowest BCUT2D eigenvalue weighted by atomic mass is 9.85. The summed E-state index contributed by atoms with van der Waals surface area (Å²) in [6.07, 6.45) is 8.44. The first-order valence-electron chi connectivity index (χ1n) is 8.69. The average molecular weight is 316 g/mol. The number of benzene rings is 1. The van der Waals surface area contributed by atoms with Crippen LogP contribution >= 0.6 is 0 Å². The fraction of sp³-hybridized carbons (Fsp3) is 0.579. The van der Waals surface area contributed by atoms with Crippen LogP contribution in [0, 0.1) is 5.92 Å². The Kier molecular flexibility index (Phi) is 7.27. The molecule has 0 radical (unpaired) electrons. The van der Waals surface area contributed by atoms with Gasteiger partial charge in [-0.2, -0.15) is 0 Å². The van der Waals surface area contributed by atoms with Gasteiger partial charge in [0.1, 0.15) is 6.29 Å². The summed E-state index contributed by atoms with van der Waals surface area (Å²) in [5.74, 6) is 0.477. The minimum Gasteiger partial charge on any atom is -0.345 e. The Bertz CT molecular complexity index is 483. The third-order valence-corrected chi connectivity index (χ3v) is 4.75. The lowest BCUT2D eigenvalue weighted by molar-refractivity contribution is -0.126. The van der Waals surface area contributed by atoms with E-state index in [0.29, 0.717) is 12.3 Å². The highest BCUT2D eigenvalue weighted by Crippen LogP contribution is 2.27. The molecule has 0 bridgehead atoms. The summed E-state index contributed by atoms with van der Waals surface area (Å²) in [5, 5.41) is 5.97. The van der Waals surface area contributed by atoms with Gasteiger partial charge in [0.2, 0.25) is 5.91 Å². The highest BCUT2D eigenvalue weighted by Gasteiger charge is 2.23. The van der Waals surface area contributed by atoms with Crippen LogP contribution in [0.2, 0.25) is 0 Å². The molecule has 0 aliphatic heterocycles. The summed E-state index contributed by atoms with van der Waals surface area (Å²) in [6.45, 7) is 0. The molecular formula is C19H28N2O2. The van der Waals surface area contributed by atoms with Crippen LogP contribution in [-0.2, 0) is 16.0 Å². The molecule has 23 heavy (non-hydrogen) atoms. The highest BCUT2D eigenvalue weighted by molar-refractivity contribution is 5.84. The number of hydrogen-bond acceptors (Lipinski definition) is 3. The van der Waals surface area contributed by atoms with Crippen LogP contribution in [0.25, 0.3) is 0 Å². The second-order valence-electron chi connectivity index (χ2n) is 6.52. The Morgan fingerprint density at radius 2 is 1.91 bits per heavy atom. The maximum Gasteiger partial charge on any atom is 0.238 e. The van der Waals surface area contributed by atoms with Gasteiger partial charge in [0.25, 0.3) is 0 Å². The van der Waals surface area contributed by atoms with Crippen LogP contribution in [0.5, 0.6) is 0 Å². The second kappa shape index (κ2) is 9.46. The Hall–Kier alpha value is -1.68. The van der Waals surface area contributed by atoms with Crippen molar-refractivity contribution < 1.29 is 9.59 Å². The largest absolute Gasteiger partial charge is 0.345 e. The number of carbonyl (C=O) groups excluding carboxylic acids is 2. The molecule has 2 N–H and O–H groups in total. The van der Waals surface area contributed by atoms with E-state index in [1.165, 1.54) is 32.1 Å². The topological polar surface area (TPSA) is 58.2 Å². The van der Waals surface area contributed by atoms with Crippen molar-refractivity contribution in [2.24, 2.45) is 5.92 Å². The van der Waals surface area contributed by atoms with Gasteiger partial charge < -0.3 is 15.4 Å². The smallest absolute Gasteiger partial charge is 0.238 e. The molecule has 1 aliphatic carbocycles. The molecule has 0 saturated heterocycles. The molecule has 1 amide bonds. The van der Waals surface area contributed by atoms with Gasteiger partial charge >= 0.3 is 0 Å². The SMILES string of the molecule is CN[C@@H](Cc1ccccc1)C(=O)N[C@H](C=O)CC1CCCCC1. The van der Waals surface area contributed by atoms with Crippen molar-refractivity contribution in [3.63, 3.8) is 0 Å². The van der Waals surface area contributed by atoms with Crippen molar-refractivity contribution in [3.05, 3.63) is 35.9 Å². The van der Waals surface area contributed by atoms with E-state index in [0.717, 1.165) is 18.3 Å². The summed E-state index contributed by atoms with van der Waals surface area (Å²) >= 11 is 0. The van der Waals surface area contributed by atoms with Gasteiger partial charge in [-0.3, -0.25) is 4.79 Å². The van der Waals surface area contributed by atoms with Gasteiger partial charge in [-0.25, -0.2) is 0 Å². The van der Waals surface area contributed by atoms with E-state index in [4.69, 9.17) is 0 Å². The first-order chi connectivity index (χ1) is 11.2. The number of hydrogen-bond donors (Lipinski definition) is 2. The zero-order chi connectivity index (χ0) is 16.5. The van der Waals surface area contributed by atoms with Crippen molar-refractivity contribution in [1.82, 2.24) is 10.6 Å². The van der Waals surface area contributed by atoms with Gasteiger partial charge in [-0.1, -0.05) is 62.4 Å². The summed E-state index contributed by atoms with van der Waals surface area (Å²) < 4.78 is 0. The maximum absolute atomic E-state index is 12.5. The van der Waals surface area contributed by atoms with Crippen LogP contribution in [0.15, 0.2) is 30.3 Å². The summed E-state index contributed by atoms with van der Waals surface area (Å²) in [5.41, 5.74) is 1.11. The third-order valence-electron chi connectivity index (χ3n) is 4.75. The minimum absolute atomic E-state index is 0.0933. The molecule has 2 rings (SSSR count). The normalized spacial score (nSPS) is 18.1. The summed E-state index contributed by atoms with van der Waals surface area (Å²) in [7, 11) is 1.78. The van der Waals surface area contributed by atoms with Crippen molar-refractivity contribution in [2.75, 3.05) is 7.05 Å². The van der Waals surface area contributed by atoms with Crippen LogP contribution in [0.3, 0.4) is 0 Å². The molecule has 4 heteroatoms. The van der Waals surface area contributed by atoms with Crippen molar-refractivity contribution in [1.29, 1.82) is 0 Å². The molecule has 1 aromatic carbocycles. The lowest BCUT2D eigenvalue weighted by Crippen LogP contribution is -2.48. The van der Waals surface area contributed by atoms with Crippen molar-refractivity contribution >= 4 is 12.2 Å². The average Bonchev–Trinajstić information content (AvgIpc) is 2.60. The molecule has 4 nitrogen and oxygen atoms in total. The van der Waals surface area contributed by atoms with E-state index in [1.54, 1.807) is 7.05 Å². The number of amides is 1. The van der Waals surface area contributed by atoms with E-state index < -0.39 is 0 Å². The van der Waals surface area contributed by atoms with Crippen LogP contribution in [-0.4, -0.2) is 31.3 Å². The fourth-order valence-electron chi connectivity index (χ4n) is 3.39. The molecule has 0 unspecified atom stereocenters. The first kappa shape index (κ1) is 17.7. The molecule has 1 fully saturated rings. The molecule has 0 spiro atoms. The summed E-state index contributed by atoms with van der Waals surface area (Å²) in [6, 6.07) is 9.25. The molecule has 1 aliphatic rings. The van der Waals surface area contributed by atoms with E-state index in [-0.39, 0.29) is 18.0 Å². The Morgan fingerprint density at radius 1 is 1.22 bits per heavy atom. The number of likely N-dealkylation sites (N-methyl/N-ethyl adjacent to an activating group) is 1. The fourth-order valence-corrected chi connectivity index (χ4v) is 3.39. The number of rotatable bonds is 8. The molecule has 126 valence electrons. The predicted octanol–water partition coefficient (Wildman–Crippen LogP) is 2.47. The van der Waals surface area contributed by atoms with E-state index in [2.05, 4.69) is 10.6 Å². The highest BCUT2D eigenvalue weighted by atomic mass is 16.2. The number of carbonyl (C=O) groups is 2. The zero-order valence-corrected chi connectivity index (χ0v) is 14.0. The van der Waals surface area contributed by atoms with Crippen molar-refractivity contribution in [3.8, 4) is 0 Å². The van der Waals surface area contributed by atoms with Crippen LogP contribution < -0.4 is 10.6 Å². The van der Waals surface area contributed by atoms with Gasteiger partial charge in [-0.15, -0.1) is 0 Å². The first-order valence-corrected chi connectivity index (χ1v) is 8.69. The van der Waals surface area contributed by atoms with Gasteiger partial charge in [0.05, 0.1) is 12.1 Å². The number of aldehydes is 1. The monoisotopic (exact) mass is 316 g/mol. The summed E-state index contributed by atoms with van der Waals surface area (Å²) in [4.78, 5) is 23.8. The standard InChI is InChI=1S/C19H28N2O2/c1-20-18(13-16-10-6-3-7-11-16)19(23)21-17(14-22)12-15-8-4-2-5-9-15/h3,6-7,10-11,14-15,17-18,20H,2,4-5,8-9,12-13H2,1H3,(H,21,23)/t17-,18-/m0/s1. The predicted molar refractivity (Wildman–Crippen MR) is 92.2 cm³/mol. The molecule has 1 aromatic rings. The maximum atomic E-state index is 12.5.